The Balaban J connectivity index is 2.34. The smallest absolute Gasteiger partial charge is 0.344 e. The summed E-state index contributed by atoms with van der Waals surface area (Å²) in [7, 11) is 0. The third-order valence-corrected chi connectivity index (χ3v) is 3.81. The van der Waals surface area contributed by atoms with Crippen molar-refractivity contribution >= 4 is 46.7 Å². The van der Waals surface area contributed by atoms with Crippen LogP contribution < -0.4 is 4.74 Å². The normalized spacial score (nSPS) is 10.3. The fourth-order valence-electron chi connectivity index (χ4n) is 1.81. The second-order valence-electron chi connectivity index (χ2n) is 4.36. The Kier molecular flexibility index (Phi) is 5.88. The number of hydrogen-bond acceptors (Lipinski definition) is 4. The molecule has 0 N–H and O–H groups in total. The molecule has 0 aromatic heterocycles. The zero-order valence-corrected chi connectivity index (χ0v) is 14.2. The summed E-state index contributed by atoms with van der Waals surface area (Å²) in [5.41, 5.74) is 0.154. The number of carbonyl (C=O) groups is 2. The number of esters is 2. The highest BCUT2D eigenvalue weighted by Crippen LogP contribution is 2.35. The molecule has 0 unspecified atom stereocenters. The SMILES string of the molecule is CCOC(=O)c1ccccc1C(=O)Oc1cc(Cl)cc(Cl)c1Cl. The summed E-state index contributed by atoms with van der Waals surface area (Å²) in [5, 5.41) is 0.472. The van der Waals surface area contributed by atoms with Crippen LogP contribution in [-0.2, 0) is 4.74 Å². The zero-order chi connectivity index (χ0) is 17.0. The molecule has 2 rings (SSSR count). The van der Waals surface area contributed by atoms with Crippen molar-refractivity contribution in [2.75, 3.05) is 6.61 Å². The number of carbonyl (C=O) groups excluding carboxylic acids is 2. The first kappa shape index (κ1) is 17.6. The van der Waals surface area contributed by atoms with Crippen molar-refractivity contribution in [3.8, 4) is 5.75 Å². The van der Waals surface area contributed by atoms with Gasteiger partial charge in [0.2, 0.25) is 0 Å². The van der Waals surface area contributed by atoms with E-state index in [2.05, 4.69) is 0 Å². The van der Waals surface area contributed by atoms with E-state index in [4.69, 9.17) is 44.3 Å². The molecule has 23 heavy (non-hydrogen) atoms. The molecule has 0 atom stereocenters. The summed E-state index contributed by atoms with van der Waals surface area (Å²) in [4.78, 5) is 24.2. The molecule has 0 aliphatic carbocycles. The fourth-order valence-corrected chi connectivity index (χ4v) is 2.43. The molecule has 2 aromatic carbocycles. The van der Waals surface area contributed by atoms with Gasteiger partial charge in [0.15, 0.2) is 5.75 Å². The molecule has 0 fully saturated rings. The molecule has 7 heteroatoms. The number of halogens is 3. The summed E-state index contributed by atoms with van der Waals surface area (Å²) >= 11 is 17.7. The van der Waals surface area contributed by atoms with Crippen LogP contribution >= 0.6 is 34.8 Å². The van der Waals surface area contributed by atoms with Crippen molar-refractivity contribution in [3.63, 3.8) is 0 Å². The summed E-state index contributed by atoms with van der Waals surface area (Å²) < 4.78 is 10.1. The summed E-state index contributed by atoms with van der Waals surface area (Å²) in [6, 6.07) is 8.93. The monoisotopic (exact) mass is 372 g/mol. The maximum Gasteiger partial charge on any atom is 0.344 e. The average molecular weight is 374 g/mol. The van der Waals surface area contributed by atoms with Crippen LogP contribution in [0, 0.1) is 0 Å². The topological polar surface area (TPSA) is 52.6 Å². The van der Waals surface area contributed by atoms with Gasteiger partial charge in [0.05, 0.1) is 22.8 Å². The second-order valence-corrected chi connectivity index (χ2v) is 5.58. The minimum absolute atomic E-state index is 0.00725. The average Bonchev–Trinajstić information content (AvgIpc) is 2.52. The van der Waals surface area contributed by atoms with Gasteiger partial charge in [-0.25, -0.2) is 9.59 Å². The van der Waals surface area contributed by atoms with Crippen molar-refractivity contribution in [1.82, 2.24) is 0 Å². The van der Waals surface area contributed by atoms with Crippen molar-refractivity contribution in [2.45, 2.75) is 6.92 Å². The predicted octanol–water partition coefficient (Wildman–Crippen LogP) is 5.04. The Morgan fingerprint density at radius 2 is 1.61 bits per heavy atom. The quantitative estimate of drug-likeness (QED) is 0.428. The lowest BCUT2D eigenvalue weighted by molar-refractivity contribution is 0.0517. The first-order valence-electron chi connectivity index (χ1n) is 6.57. The lowest BCUT2D eigenvalue weighted by Gasteiger charge is -2.10. The molecule has 2 aromatic rings. The van der Waals surface area contributed by atoms with E-state index in [1.807, 2.05) is 0 Å². The van der Waals surface area contributed by atoms with Crippen LogP contribution in [0.15, 0.2) is 36.4 Å². The van der Waals surface area contributed by atoms with E-state index >= 15 is 0 Å². The molecule has 0 saturated heterocycles. The summed E-state index contributed by atoms with van der Waals surface area (Å²) in [5.74, 6) is -1.38. The van der Waals surface area contributed by atoms with Crippen molar-refractivity contribution in [1.29, 1.82) is 0 Å². The van der Waals surface area contributed by atoms with E-state index < -0.39 is 11.9 Å². The van der Waals surface area contributed by atoms with Gasteiger partial charge in [0.1, 0.15) is 5.02 Å². The standard InChI is InChI=1S/C16H11Cl3O4/c1-2-22-15(20)10-5-3-4-6-11(10)16(21)23-13-8-9(17)7-12(18)14(13)19/h3-8H,2H2,1H3. The minimum Gasteiger partial charge on any atom is -0.462 e. The molecule has 120 valence electrons. The molecule has 0 spiro atoms. The lowest BCUT2D eigenvalue weighted by atomic mass is 10.1. The second kappa shape index (κ2) is 7.68. The van der Waals surface area contributed by atoms with Gasteiger partial charge in [-0.1, -0.05) is 46.9 Å². The Morgan fingerprint density at radius 1 is 1.00 bits per heavy atom. The minimum atomic E-state index is -0.770. The summed E-state index contributed by atoms with van der Waals surface area (Å²) in [6.45, 7) is 1.87. The van der Waals surface area contributed by atoms with Crippen LogP contribution in [0.5, 0.6) is 5.75 Å². The van der Waals surface area contributed by atoms with Gasteiger partial charge in [0.25, 0.3) is 0 Å². The van der Waals surface area contributed by atoms with Crippen molar-refractivity contribution in [3.05, 3.63) is 62.6 Å². The molecular formula is C16H11Cl3O4. The van der Waals surface area contributed by atoms with Crippen LogP contribution in [-0.4, -0.2) is 18.5 Å². The van der Waals surface area contributed by atoms with E-state index in [-0.39, 0.29) is 38.6 Å². The first-order valence-corrected chi connectivity index (χ1v) is 7.70. The Morgan fingerprint density at radius 3 is 2.22 bits per heavy atom. The molecule has 4 nitrogen and oxygen atoms in total. The lowest BCUT2D eigenvalue weighted by Crippen LogP contribution is -2.16. The molecule has 0 bridgehead atoms. The maximum atomic E-state index is 12.3. The van der Waals surface area contributed by atoms with E-state index in [0.29, 0.717) is 0 Å². The third-order valence-electron chi connectivity index (χ3n) is 2.80. The van der Waals surface area contributed by atoms with Gasteiger partial charge in [-0.05, 0) is 25.1 Å². The largest absolute Gasteiger partial charge is 0.462 e. The third kappa shape index (κ3) is 4.16. The van der Waals surface area contributed by atoms with Gasteiger partial charge in [-0.15, -0.1) is 0 Å². The van der Waals surface area contributed by atoms with Crippen molar-refractivity contribution < 1.29 is 19.1 Å². The van der Waals surface area contributed by atoms with Crippen LogP contribution in [0.1, 0.15) is 27.6 Å². The highest BCUT2D eigenvalue weighted by atomic mass is 35.5. The molecule has 0 radical (unpaired) electrons. The van der Waals surface area contributed by atoms with Gasteiger partial charge >= 0.3 is 11.9 Å². The highest BCUT2D eigenvalue weighted by molar-refractivity contribution is 6.44. The van der Waals surface area contributed by atoms with Crippen LogP contribution in [0.3, 0.4) is 0 Å². The molecule has 0 heterocycles. The Hall–Kier alpha value is -1.75. The van der Waals surface area contributed by atoms with Gasteiger partial charge in [-0.3, -0.25) is 0 Å². The number of benzene rings is 2. The number of hydrogen-bond donors (Lipinski definition) is 0. The molecule has 0 aliphatic heterocycles. The Labute approximate surface area is 147 Å². The van der Waals surface area contributed by atoms with Crippen LogP contribution in [0.25, 0.3) is 0 Å². The highest BCUT2D eigenvalue weighted by Gasteiger charge is 2.21. The van der Waals surface area contributed by atoms with E-state index in [0.717, 1.165) is 0 Å². The van der Waals surface area contributed by atoms with Gasteiger partial charge in [-0.2, -0.15) is 0 Å². The van der Waals surface area contributed by atoms with E-state index in [1.165, 1.54) is 24.3 Å². The van der Waals surface area contributed by atoms with Gasteiger partial charge < -0.3 is 9.47 Å². The number of ether oxygens (including phenoxy) is 2. The Bertz CT molecular complexity index is 759. The predicted molar refractivity (Wildman–Crippen MR) is 88.8 cm³/mol. The molecule has 0 amide bonds. The van der Waals surface area contributed by atoms with E-state index in [9.17, 15) is 9.59 Å². The molecule has 0 aliphatic rings. The first-order chi connectivity index (χ1) is 10.9. The molecule has 0 saturated carbocycles. The number of rotatable bonds is 4. The fraction of sp³-hybridized carbons (Fsp3) is 0.125. The summed E-state index contributed by atoms with van der Waals surface area (Å²) in [6.07, 6.45) is 0. The van der Waals surface area contributed by atoms with Crippen molar-refractivity contribution in [2.24, 2.45) is 0 Å². The van der Waals surface area contributed by atoms with Crippen LogP contribution in [0.2, 0.25) is 15.1 Å². The maximum absolute atomic E-state index is 12.3. The zero-order valence-electron chi connectivity index (χ0n) is 11.9. The van der Waals surface area contributed by atoms with E-state index in [1.54, 1.807) is 19.1 Å². The van der Waals surface area contributed by atoms with Crippen LogP contribution in [0.4, 0.5) is 0 Å². The molecular weight excluding hydrogens is 363 g/mol. The van der Waals surface area contributed by atoms with Gasteiger partial charge in [0, 0.05) is 11.1 Å².